The normalized spacial score (nSPS) is 11.0. The van der Waals surface area contributed by atoms with Crippen molar-refractivity contribution in [3.05, 3.63) is 70.8 Å². The zero-order chi connectivity index (χ0) is 16.5. The Hall–Kier alpha value is -3.21. The molecule has 0 aliphatic carbocycles. The van der Waals surface area contributed by atoms with Crippen LogP contribution in [-0.4, -0.2) is 7.11 Å². The van der Waals surface area contributed by atoms with Gasteiger partial charge < -0.3 is 18.3 Å². The monoisotopic (exact) mass is 322 g/mol. The molecule has 0 atom stereocenters. The van der Waals surface area contributed by atoms with Crippen LogP contribution in [0.25, 0.3) is 21.9 Å². The van der Waals surface area contributed by atoms with E-state index in [4.69, 9.17) is 18.3 Å². The molecule has 0 N–H and O–H groups in total. The maximum absolute atomic E-state index is 11.6. The lowest BCUT2D eigenvalue weighted by molar-refractivity contribution is 0.303. The van der Waals surface area contributed by atoms with Crippen molar-refractivity contribution in [2.24, 2.45) is 0 Å². The van der Waals surface area contributed by atoms with Crippen LogP contribution in [0, 0.1) is 0 Å². The van der Waals surface area contributed by atoms with Crippen LogP contribution in [0.2, 0.25) is 0 Å². The van der Waals surface area contributed by atoms with Gasteiger partial charge in [0.25, 0.3) is 0 Å². The predicted molar refractivity (Wildman–Crippen MR) is 89.6 cm³/mol. The molecule has 24 heavy (non-hydrogen) atoms. The molecular formula is C19H14O5. The number of fused-ring (bicyclic) bond motifs is 2. The first-order chi connectivity index (χ1) is 11.7. The average molecular weight is 322 g/mol. The highest BCUT2D eigenvalue weighted by Gasteiger charge is 2.14. The van der Waals surface area contributed by atoms with Gasteiger partial charge in [0.1, 0.15) is 12.4 Å². The fourth-order valence-electron chi connectivity index (χ4n) is 2.61. The summed E-state index contributed by atoms with van der Waals surface area (Å²) in [6.45, 7) is 0.317. The summed E-state index contributed by atoms with van der Waals surface area (Å²) in [6, 6.07) is 14.4. The molecule has 120 valence electrons. The van der Waals surface area contributed by atoms with Crippen molar-refractivity contribution in [2.75, 3.05) is 7.11 Å². The Kier molecular flexibility index (Phi) is 3.46. The van der Waals surface area contributed by atoms with E-state index in [1.54, 1.807) is 19.4 Å². The Morgan fingerprint density at radius 2 is 1.75 bits per heavy atom. The van der Waals surface area contributed by atoms with E-state index < -0.39 is 5.63 Å². The fourth-order valence-corrected chi connectivity index (χ4v) is 2.61. The summed E-state index contributed by atoms with van der Waals surface area (Å²) < 4.78 is 21.9. The van der Waals surface area contributed by atoms with E-state index >= 15 is 0 Å². The largest absolute Gasteiger partial charge is 0.497 e. The van der Waals surface area contributed by atoms with E-state index in [-0.39, 0.29) is 0 Å². The van der Waals surface area contributed by atoms with E-state index in [0.717, 1.165) is 22.1 Å². The Bertz CT molecular complexity index is 1060. The standard InChI is InChI=1S/C19H14O5/c1-21-15-5-2-12(3-6-15)11-23-19-17-14(8-9-22-17)10-13-4-7-16(20)24-18(13)19/h2-10H,11H2,1H3. The summed E-state index contributed by atoms with van der Waals surface area (Å²) in [5.41, 5.74) is 1.48. The Morgan fingerprint density at radius 3 is 2.54 bits per heavy atom. The van der Waals surface area contributed by atoms with Crippen molar-refractivity contribution in [1.82, 2.24) is 0 Å². The van der Waals surface area contributed by atoms with Crippen molar-refractivity contribution in [2.45, 2.75) is 6.61 Å². The summed E-state index contributed by atoms with van der Waals surface area (Å²) in [5, 5.41) is 1.68. The molecule has 5 heteroatoms. The maximum Gasteiger partial charge on any atom is 0.336 e. The van der Waals surface area contributed by atoms with Crippen LogP contribution in [0.15, 0.2) is 68.4 Å². The number of benzene rings is 2. The van der Waals surface area contributed by atoms with Crippen LogP contribution in [0.5, 0.6) is 11.5 Å². The second-order valence-corrected chi connectivity index (χ2v) is 5.35. The number of methoxy groups -OCH3 is 1. The summed E-state index contributed by atoms with van der Waals surface area (Å²) in [6.07, 6.45) is 1.59. The van der Waals surface area contributed by atoms with Gasteiger partial charge in [0.2, 0.25) is 5.75 Å². The van der Waals surface area contributed by atoms with Crippen molar-refractivity contribution in [3.8, 4) is 11.5 Å². The molecule has 0 saturated carbocycles. The lowest BCUT2D eigenvalue weighted by atomic mass is 10.1. The SMILES string of the molecule is COc1ccc(COc2c3occc3cc3ccc(=O)oc23)cc1. The quantitative estimate of drug-likeness (QED) is 0.529. The lowest BCUT2D eigenvalue weighted by Crippen LogP contribution is -2.00. The van der Waals surface area contributed by atoms with E-state index in [9.17, 15) is 4.79 Å². The first kappa shape index (κ1) is 14.4. The zero-order valence-corrected chi connectivity index (χ0v) is 12.9. The van der Waals surface area contributed by atoms with Gasteiger partial charge in [0, 0.05) is 16.8 Å². The number of hydrogen-bond donors (Lipinski definition) is 0. The van der Waals surface area contributed by atoms with Gasteiger partial charge in [0.05, 0.1) is 13.4 Å². The number of hydrogen-bond acceptors (Lipinski definition) is 5. The van der Waals surface area contributed by atoms with Crippen LogP contribution < -0.4 is 15.1 Å². The molecule has 0 amide bonds. The molecule has 0 unspecified atom stereocenters. The lowest BCUT2D eigenvalue weighted by Gasteiger charge is -2.09. The second-order valence-electron chi connectivity index (χ2n) is 5.35. The molecule has 2 aromatic carbocycles. The minimum absolute atomic E-state index is 0.317. The highest BCUT2D eigenvalue weighted by Crippen LogP contribution is 2.35. The highest BCUT2D eigenvalue weighted by molar-refractivity contribution is 5.99. The molecule has 4 rings (SSSR count). The molecule has 0 saturated heterocycles. The molecule has 4 aromatic rings. The van der Waals surface area contributed by atoms with Gasteiger partial charge in [-0.15, -0.1) is 0 Å². The Morgan fingerprint density at radius 1 is 0.958 bits per heavy atom. The Labute approximate surface area is 137 Å². The van der Waals surface area contributed by atoms with Gasteiger partial charge in [-0.2, -0.15) is 0 Å². The molecule has 5 nitrogen and oxygen atoms in total. The van der Waals surface area contributed by atoms with Gasteiger partial charge in [-0.1, -0.05) is 12.1 Å². The zero-order valence-electron chi connectivity index (χ0n) is 12.9. The first-order valence-corrected chi connectivity index (χ1v) is 7.44. The number of rotatable bonds is 4. The van der Waals surface area contributed by atoms with E-state index in [1.807, 2.05) is 36.4 Å². The van der Waals surface area contributed by atoms with Crippen molar-refractivity contribution >= 4 is 21.9 Å². The topological polar surface area (TPSA) is 61.8 Å². The average Bonchev–Trinajstić information content (AvgIpc) is 3.07. The van der Waals surface area contributed by atoms with E-state index in [2.05, 4.69) is 0 Å². The first-order valence-electron chi connectivity index (χ1n) is 7.44. The van der Waals surface area contributed by atoms with Crippen LogP contribution >= 0.6 is 0 Å². The van der Waals surface area contributed by atoms with Crippen LogP contribution in [-0.2, 0) is 6.61 Å². The summed E-state index contributed by atoms with van der Waals surface area (Å²) in [4.78, 5) is 11.6. The van der Waals surface area contributed by atoms with Gasteiger partial charge in [-0.25, -0.2) is 4.79 Å². The predicted octanol–water partition coefficient (Wildman–Crippen LogP) is 4.13. The van der Waals surface area contributed by atoms with E-state index in [0.29, 0.717) is 23.5 Å². The summed E-state index contributed by atoms with van der Waals surface area (Å²) in [5.74, 6) is 1.21. The number of furan rings is 1. The third kappa shape index (κ3) is 2.50. The molecule has 2 aromatic heterocycles. The molecule has 0 bridgehead atoms. The molecule has 0 aliphatic rings. The van der Waals surface area contributed by atoms with Gasteiger partial charge in [-0.05, 0) is 35.9 Å². The third-order valence-corrected chi connectivity index (χ3v) is 3.83. The number of ether oxygens (including phenoxy) is 2. The minimum Gasteiger partial charge on any atom is -0.497 e. The molecule has 2 heterocycles. The van der Waals surface area contributed by atoms with Gasteiger partial charge in [-0.3, -0.25) is 0 Å². The third-order valence-electron chi connectivity index (χ3n) is 3.83. The van der Waals surface area contributed by atoms with Gasteiger partial charge >= 0.3 is 5.63 Å². The van der Waals surface area contributed by atoms with Crippen molar-refractivity contribution in [1.29, 1.82) is 0 Å². The molecule has 0 spiro atoms. The summed E-state index contributed by atoms with van der Waals surface area (Å²) in [7, 11) is 1.62. The summed E-state index contributed by atoms with van der Waals surface area (Å²) >= 11 is 0. The van der Waals surface area contributed by atoms with E-state index in [1.165, 1.54) is 6.07 Å². The highest BCUT2D eigenvalue weighted by atomic mass is 16.5. The maximum atomic E-state index is 11.6. The molecule has 0 fully saturated rings. The second kappa shape index (κ2) is 5.77. The molecular weight excluding hydrogens is 308 g/mol. The van der Waals surface area contributed by atoms with Crippen LogP contribution in [0.1, 0.15) is 5.56 Å². The van der Waals surface area contributed by atoms with Crippen LogP contribution in [0.3, 0.4) is 0 Å². The van der Waals surface area contributed by atoms with Gasteiger partial charge in [0.15, 0.2) is 11.2 Å². The smallest absolute Gasteiger partial charge is 0.336 e. The molecule has 0 aliphatic heterocycles. The fraction of sp³-hybridized carbons (Fsp3) is 0.105. The van der Waals surface area contributed by atoms with Crippen molar-refractivity contribution in [3.63, 3.8) is 0 Å². The van der Waals surface area contributed by atoms with Crippen LogP contribution in [0.4, 0.5) is 0 Å². The minimum atomic E-state index is -0.428. The molecule has 0 radical (unpaired) electrons. The Balaban J connectivity index is 1.76. The van der Waals surface area contributed by atoms with Crippen molar-refractivity contribution < 1.29 is 18.3 Å².